The van der Waals surface area contributed by atoms with E-state index in [0.29, 0.717) is 23.4 Å². The van der Waals surface area contributed by atoms with Gasteiger partial charge in [0, 0.05) is 23.2 Å². The number of carbonyl (C=O) groups is 2. The van der Waals surface area contributed by atoms with Crippen molar-refractivity contribution in [1.29, 1.82) is 0 Å². The summed E-state index contributed by atoms with van der Waals surface area (Å²) in [5, 5.41) is 22.4. The number of nitrogens with zero attached hydrogens (tertiary/aromatic N) is 6. The molecule has 4 aromatic heterocycles. The van der Waals surface area contributed by atoms with Crippen LogP contribution in [0.25, 0.3) is 21.3 Å². The highest BCUT2D eigenvalue weighted by molar-refractivity contribution is 7.21. The molecule has 0 saturated carbocycles. The molecule has 0 aliphatic rings. The lowest BCUT2D eigenvalue weighted by molar-refractivity contribution is -0.385. The molecule has 194 valence electrons. The van der Waals surface area contributed by atoms with Crippen LogP contribution in [-0.4, -0.2) is 41.3 Å². The summed E-state index contributed by atoms with van der Waals surface area (Å²) < 4.78 is 30.3. The maximum Gasteiger partial charge on any atom is 0.309 e. The standard InChI is InChI=1S/C22H22F2N8O4S/c1-5-30-10(3)13(7-26-30)12-6-14(19(23)24)27-22-16(12)17(18(37-22)20(25)33)28-21(34)11(4)31-8-15(32(35)36)9(2)29-31/h6-8,11,19H,5H2,1-4H3,(H2,25,33)(H,28,34). The fraction of sp³-hybridized carbons (Fsp3) is 0.318. The number of pyridine rings is 1. The third-order valence-corrected chi connectivity index (χ3v) is 7.03. The number of hydrogen-bond donors (Lipinski definition) is 2. The van der Waals surface area contributed by atoms with Gasteiger partial charge in [0.2, 0.25) is 5.91 Å². The van der Waals surface area contributed by atoms with Gasteiger partial charge < -0.3 is 11.1 Å². The molecule has 4 heterocycles. The van der Waals surface area contributed by atoms with Crippen LogP contribution in [0.1, 0.15) is 53.1 Å². The molecule has 4 aromatic rings. The number of nitro groups is 1. The number of primary amides is 1. The van der Waals surface area contributed by atoms with Gasteiger partial charge in [0.25, 0.3) is 12.3 Å². The largest absolute Gasteiger partial charge is 0.365 e. The molecule has 2 amide bonds. The van der Waals surface area contributed by atoms with Crippen LogP contribution in [0.15, 0.2) is 18.5 Å². The van der Waals surface area contributed by atoms with E-state index in [1.54, 1.807) is 11.6 Å². The van der Waals surface area contributed by atoms with Crippen molar-refractivity contribution in [2.45, 2.75) is 46.7 Å². The van der Waals surface area contributed by atoms with Gasteiger partial charge in [-0.3, -0.25) is 29.1 Å². The van der Waals surface area contributed by atoms with E-state index in [4.69, 9.17) is 5.73 Å². The Morgan fingerprint density at radius 3 is 2.54 bits per heavy atom. The Kier molecular flexibility index (Phi) is 6.73. The van der Waals surface area contributed by atoms with Crippen LogP contribution in [0.3, 0.4) is 0 Å². The van der Waals surface area contributed by atoms with Gasteiger partial charge in [-0.05, 0) is 39.3 Å². The Morgan fingerprint density at radius 2 is 2.00 bits per heavy atom. The molecule has 37 heavy (non-hydrogen) atoms. The fourth-order valence-corrected chi connectivity index (χ4v) is 4.98. The molecule has 0 aromatic carbocycles. The van der Waals surface area contributed by atoms with Gasteiger partial charge in [-0.2, -0.15) is 10.2 Å². The second-order valence-corrected chi connectivity index (χ2v) is 9.21. The van der Waals surface area contributed by atoms with Crippen LogP contribution < -0.4 is 11.1 Å². The highest BCUT2D eigenvalue weighted by Crippen LogP contribution is 2.43. The van der Waals surface area contributed by atoms with Gasteiger partial charge in [0.1, 0.15) is 33.3 Å². The van der Waals surface area contributed by atoms with Crippen molar-refractivity contribution in [3.05, 3.63) is 50.5 Å². The van der Waals surface area contributed by atoms with Crippen molar-refractivity contribution in [2.24, 2.45) is 5.73 Å². The average molecular weight is 533 g/mol. The molecule has 1 atom stereocenters. The maximum absolute atomic E-state index is 13.7. The number of aromatic nitrogens is 5. The SMILES string of the molecule is CCn1ncc(-c2cc(C(F)F)nc3sc(C(N)=O)c(NC(=O)C(C)n4cc([N+](=O)[O-])c(C)n4)c23)c1C. The highest BCUT2D eigenvalue weighted by Gasteiger charge is 2.28. The van der Waals surface area contributed by atoms with E-state index in [2.05, 4.69) is 20.5 Å². The van der Waals surface area contributed by atoms with Crippen LogP contribution in [0.2, 0.25) is 0 Å². The minimum Gasteiger partial charge on any atom is -0.365 e. The van der Waals surface area contributed by atoms with Gasteiger partial charge in [-0.1, -0.05) is 0 Å². The molecule has 0 bridgehead atoms. The molecule has 0 spiro atoms. The molecular weight excluding hydrogens is 510 g/mol. The Morgan fingerprint density at radius 1 is 1.30 bits per heavy atom. The van der Waals surface area contributed by atoms with E-state index in [1.165, 1.54) is 26.1 Å². The Bertz CT molecular complexity index is 1560. The lowest BCUT2D eigenvalue weighted by atomic mass is 10.0. The lowest BCUT2D eigenvalue weighted by Gasteiger charge is -2.14. The van der Waals surface area contributed by atoms with Crippen LogP contribution in [0.5, 0.6) is 0 Å². The van der Waals surface area contributed by atoms with Crippen molar-refractivity contribution >= 4 is 44.7 Å². The fourth-order valence-electron chi connectivity index (χ4n) is 3.96. The number of anilines is 1. The van der Waals surface area contributed by atoms with Crippen molar-refractivity contribution in [3.8, 4) is 11.1 Å². The van der Waals surface area contributed by atoms with Crippen molar-refractivity contribution in [2.75, 3.05) is 5.32 Å². The minimum absolute atomic E-state index is 0.00897. The number of alkyl halides is 2. The van der Waals surface area contributed by atoms with Crippen LogP contribution in [0.4, 0.5) is 20.2 Å². The molecule has 0 saturated heterocycles. The quantitative estimate of drug-likeness (QED) is 0.254. The van der Waals surface area contributed by atoms with E-state index in [0.717, 1.165) is 22.2 Å². The average Bonchev–Trinajstić information content (AvgIpc) is 3.52. The zero-order valence-electron chi connectivity index (χ0n) is 20.2. The monoisotopic (exact) mass is 532 g/mol. The van der Waals surface area contributed by atoms with Gasteiger partial charge in [-0.15, -0.1) is 11.3 Å². The minimum atomic E-state index is -2.89. The third-order valence-electron chi connectivity index (χ3n) is 5.93. The number of rotatable bonds is 8. The highest BCUT2D eigenvalue weighted by atomic mass is 32.1. The number of halogens is 2. The Hall–Kier alpha value is -4.27. The molecule has 1 unspecified atom stereocenters. The first-order valence-corrected chi connectivity index (χ1v) is 11.8. The molecule has 0 aliphatic carbocycles. The van der Waals surface area contributed by atoms with Gasteiger partial charge in [0.05, 0.1) is 16.8 Å². The summed E-state index contributed by atoms with van der Waals surface area (Å²) in [6, 6.07) is 0.178. The second kappa shape index (κ2) is 9.65. The number of nitrogens with two attached hydrogens (primary N) is 1. The van der Waals surface area contributed by atoms with Crippen LogP contribution in [0, 0.1) is 24.0 Å². The van der Waals surface area contributed by atoms with Gasteiger partial charge >= 0.3 is 5.69 Å². The molecule has 4 rings (SSSR count). The summed E-state index contributed by atoms with van der Waals surface area (Å²) in [6.07, 6.45) is -0.240. The predicted octanol–water partition coefficient (Wildman–Crippen LogP) is 4.14. The van der Waals surface area contributed by atoms with E-state index in [9.17, 15) is 28.5 Å². The van der Waals surface area contributed by atoms with Gasteiger partial charge in [-0.25, -0.2) is 13.8 Å². The smallest absolute Gasteiger partial charge is 0.309 e. The molecule has 0 fully saturated rings. The van der Waals surface area contributed by atoms with Crippen molar-refractivity contribution in [1.82, 2.24) is 24.5 Å². The summed E-state index contributed by atoms with van der Waals surface area (Å²) >= 11 is 0.778. The predicted molar refractivity (Wildman–Crippen MR) is 132 cm³/mol. The lowest BCUT2D eigenvalue weighted by Crippen LogP contribution is -2.25. The number of carbonyl (C=O) groups excluding carboxylic acids is 2. The van der Waals surface area contributed by atoms with E-state index in [-0.39, 0.29) is 32.2 Å². The van der Waals surface area contributed by atoms with Gasteiger partial charge in [0.15, 0.2) is 0 Å². The topological polar surface area (TPSA) is 164 Å². The van der Waals surface area contributed by atoms with E-state index >= 15 is 0 Å². The van der Waals surface area contributed by atoms with E-state index < -0.39 is 34.9 Å². The van der Waals surface area contributed by atoms with E-state index in [1.807, 2.05) is 6.92 Å². The molecule has 15 heteroatoms. The zero-order valence-corrected chi connectivity index (χ0v) is 21.0. The molecule has 0 radical (unpaired) electrons. The Labute approximate surface area is 212 Å². The molecule has 0 aliphatic heterocycles. The second-order valence-electron chi connectivity index (χ2n) is 8.21. The Balaban J connectivity index is 1.89. The summed E-state index contributed by atoms with van der Waals surface area (Å²) in [7, 11) is 0. The summed E-state index contributed by atoms with van der Waals surface area (Å²) in [4.78, 5) is 40.1. The molecular formula is C22H22F2N8O4S. The first kappa shape index (κ1) is 25.8. The first-order chi connectivity index (χ1) is 17.4. The number of hydrogen-bond acceptors (Lipinski definition) is 8. The maximum atomic E-state index is 13.7. The summed E-state index contributed by atoms with van der Waals surface area (Å²) in [5.41, 5.74) is 6.45. The zero-order chi connectivity index (χ0) is 27.2. The number of aryl methyl sites for hydroxylation is 2. The third kappa shape index (κ3) is 4.52. The number of amides is 2. The van der Waals surface area contributed by atoms with Crippen molar-refractivity contribution in [3.63, 3.8) is 0 Å². The molecule has 3 N–H and O–H groups in total. The number of nitrogens with one attached hydrogen (secondary N) is 1. The number of thiophene rings is 1. The molecule has 12 nitrogen and oxygen atoms in total. The normalized spacial score (nSPS) is 12.3. The summed E-state index contributed by atoms with van der Waals surface area (Å²) in [5.74, 6) is -1.55. The van der Waals surface area contributed by atoms with Crippen molar-refractivity contribution < 1.29 is 23.3 Å². The van der Waals surface area contributed by atoms with Crippen LogP contribution >= 0.6 is 11.3 Å². The first-order valence-electron chi connectivity index (χ1n) is 11.0. The van der Waals surface area contributed by atoms with Crippen LogP contribution in [-0.2, 0) is 11.3 Å². The summed E-state index contributed by atoms with van der Waals surface area (Å²) in [6.45, 7) is 7.09. The number of fused-ring (bicyclic) bond motifs is 1.